The number of ether oxygens (including phenoxy) is 1. The summed E-state index contributed by atoms with van der Waals surface area (Å²) in [6, 6.07) is 0.361. The zero-order valence-electron chi connectivity index (χ0n) is 16.2. The van der Waals surface area contributed by atoms with Gasteiger partial charge >= 0.3 is 6.01 Å². The highest BCUT2D eigenvalue weighted by atomic mass is 32.2. The third-order valence-corrected chi connectivity index (χ3v) is 7.97. The lowest BCUT2D eigenvalue weighted by Gasteiger charge is -2.41. The van der Waals surface area contributed by atoms with Crippen molar-refractivity contribution in [2.75, 3.05) is 48.8 Å². The van der Waals surface area contributed by atoms with E-state index in [9.17, 15) is 4.21 Å². The van der Waals surface area contributed by atoms with Crippen molar-refractivity contribution in [3.63, 3.8) is 0 Å². The number of anilines is 2. The van der Waals surface area contributed by atoms with Crippen molar-refractivity contribution in [3.05, 3.63) is 0 Å². The molecule has 0 aromatic carbocycles. The molecule has 0 N–H and O–H groups in total. The Labute approximate surface area is 159 Å². The summed E-state index contributed by atoms with van der Waals surface area (Å²) in [6.45, 7) is 7.64. The number of hydrogen-bond acceptors (Lipinski definition) is 7. The number of aromatic nitrogens is 3. The summed E-state index contributed by atoms with van der Waals surface area (Å²) >= 11 is 0. The fourth-order valence-corrected chi connectivity index (χ4v) is 5.62. The Balaban J connectivity index is 1.89. The standard InChI is InChI=1S/C18H31N5O2S/c1-4-18(5-2)14-23(12-13-26(18)24)16-19-15(20-17(21-16)25-3)22-10-8-6-7-9-11-22/h4-14H2,1-3H3. The maximum absolute atomic E-state index is 12.6. The number of methoxy groups -OCH3 is 1. The van der Waals surface area contributed by atoms with Crippen LogP contribution >= 0.6 is 0 Å². The molecule has 2 saturated heterocycles. The van der Waals surface area contributed by atoms with Gasteiger partial charge in [-0.2, -0.15) is 15.0 Å². The van der Waals surface area contributed by atoms with Gasteiger partial charge in [0.25, 0.3) is 0 Å². The van der Waals surface area contributed by atoms with Crippen molar-refractivity contribution < 1.29 is 8.95 Å². The molecule has 0 bridgehead atoms. The van der Waals surface area contributed by atoms with Gasteiger partial charge in [0.2, 0.25) is 11.9 Å². The molecular weight excluding hydrogens is 350 g/mol. The highest BCUT2D eigenvalue weighted by Crippen LogP contribution is 2.31. The molecule has 0 spiro atoms. The first-order chi connectivity index (χ1) is 12.6. The Kier molecular flexibility index (Phi) is 6.32. The van der Waals surface area contributed by atoms with Crippen LogP contribution in [-0.2, 0) is 10.8 Å². The summed E-state index contributed by atoms with van der Waals surface area (Å²) in [6.07, 6.45) is 6.65. The molecule has 146 valence electrons. The highest BCUT2D eigenvalue weighted by Gasteiger charge is 2.40. The molecule has 7 nitrogen and oxygen atoms in total. The molecule has 2 aliphatic heterocycles. The van der Waals surface area contributed by atoms with Gasteiger partial charge in [0.05, 0.1) is 11.9 Å². The van der Waals surface area contributed by atoms with Gasteiger partial charge in [-0.05, 0) is 25.7 Å². The molecule has 1 aromatic heterocycles. The minimum atomic E-state index is -0.805. The van der Waals surface area contributed by atoms with Crippen molar-refractivity contribution in [2.24, 2.45) is 0 Å². The summed E-state index contributed by atoms with van der Waals surface area (Å²) in [5.41, 5.74) is 0. The van der Waals surface area contributed by atoms with E-state index in [0.717, 1.165) is 32.5 Å². The van der Waals surface area contributed by atoms with E-state index in [1.165, 1.54) is 25.7 Å². The average Bonchev–Trinajstić information content (AvgIpc) is 2.98. The summed E-state index contributed by atoms with van der Waals surface area (Å²) in [4.78, 5) is 18.2. The largest absolute Gasteiger partial charge is 0.467 e. The number of nitrogens with zero attached hydrogens (tertiary/aromatic N) is 5. The Morgan fingerprint density at radius 2 is 1.58 bits per heavy atom. The van der Waals surface area contributed by atoms with Gasteiger partial charge in [0.1, 0.15) is 0 Å². The van der Waals surface area contributed by atoms with Gasteiger partial charge in [-0.25, -0.2) is 0 Å². The van der Waals surface area contributed by atoms with E-state index < -0.39 is 10.8 Å². The Hall–Kier alpha value is -1.44. The zero-order chi connectivity index (χ0) is 18.6. The normalized spacial score (nSPS) is 23.6. The lowest BCUT2D eigenvalue weighted by molar-refractivity contribution is 0.377. The molecule has 26 heavy (non-hydrogen) atoms. The SMILES string of the molecule is CCC1(CC)CN(c2nc(OC)nc(N3CCCCCC3)n2)CCS1=O. The third-order valence-electron chi connectivity index (χ3n) is 5.74. The van der Waals surface area contributed by atoms with Crippen molar-refractivity contribution >= 4 is 22.7 Å². The molecule has 0 saturated carbocycles. The predicted molar refractivity (Wildman–Crippen MR) is 106 cm³/mol. The van der Waals surface area contributed by atoms with E-state index in [2.05, 4.69) is 33.6 Å². The van der Waals surface area contributed by atoms with Crippen LogP contribution in [0.2, 0.25) is 0 Å². The van der Waals surface area contributed by atoms with E-state index in [0.29, 0.717) is 30.2 Å². The van der Waals surface area contributed by atoms with E-state index in [1.807, 2.05) is 0 Å². The summed E-state index contributed by atoms with van der Waals surface area (Å²) in [5.74, 6) is 2.02. The lowest BCUT2D eigenvalue weighted by atomic mass is 10.0. The van der Waals surface area contributed by atoms with Gasteiger partial charge in [-0.1, -0.05) is 26.7 Å². The quantitative estimate of drug-likeness (QED) is 0.775. The fourth-order valence-electron chi connectivity index (χ4n) is 3.86. The van der Waals surface area contributed by atoms with Gasteiger partial charge < -0.3 is 14.5 Å². The summed E-state index contributed by atoms with van der Waals surface area (Å²) < 4.78 is 17.8. The minimum absolute atomic E-state index is 0.180. The topological polar surface area (TPSA) is 71.5 Å². The van der Waals surface area contributed by atoms with Crippen LogP contribution in [0.3, 0.4) is 0 Å². The van der Waals surface area contributed by atoms with E-state index in [1.54, 1.807) is 7.11 Å². The lowest BCUT2D eigenvalue weighted by Crippen LogP contribution is -2.53. The first-order valence-electron chi connectivity index (χ1n) is 9.80. The first kappa shape index (κ1) is 19.3. The van der Waals surface area contributed by atoms with Crippen LogP contribution in [0.15, 0.2) is 0 Å². The van der Waals surface area contributed by atoms with Crippen molar-refractivity contribution in [3.8, 4) is 6.01 Å². The second-order valence-corrected chi connectivity index (χ2v) is 9.15. The fraction of sp³-hybridized carbons (Fsp3) is 0.833. The first-order valence-corrected chi connectivity index (χ1v) is 11.1. The second kappa shape index (κ2) is 8.50. The summed E-state index contributed by atoms with van der Waals surface area (Å²) in [7, 11) is 0.791. The number of hydrogen-bond donors (Lipinski definition) is 0. The molecule has 1 atom stereocenters. The van der Waals surface area contributed by atoms with Crippen molar-refractivity contribution in [1.29, 1.82) is 0 Å². The second-order valence-electron chi connectivity index (χ2n) is 7.18. The van der Waals surface area contributed by atoms with Crippen LogP contribution in [0.25, 0.3) is 0 Å². The van der Waals surface area contributed by atoms with Crippen LogP contribution in [-0.4, -0.2) is 62.9 Å². The molecule has 0 amide bonds. The van der Waals surface area contributed by atoms with Gasteiger partial charge in [-0.3, -0.25) is 4.21 Å². The molecule has 0 aliphatic carbocycles. The molecule has 8 heteroatoms. The maximum atomic E-state index is 12.6. The molecule has 2 aliphatic rings. The van der Waals surface area contributed by atoms with Crippen LogP contribution in [0.4, 0.5) is 11.9 Å². The van der Waals surface area contributed by atoms with E-state index in [-0.39, 0.29) is 4.75 Å². The molecule has 3 rings (SSSR count). The summed E-state index contributed by atoms with van der Waals surface area (Å²) in [5, 5.41) is 0. The monoisotopic (exact) mass is 381 g/mol. The van der Waals surface area contributed by atoms with E-state index >= 15 is 0 Å². The molecule has 1 unspecified atom stereocenters. The zero-order valence-corrected chi connectivity index (χ0v) is 17.1. The number of rotatable bonds is 5. The minimum Gasteiger partial charge on any atom is -0.467 e. The average molecular weight is 382 g/mol. The van der Waals surface area contributed by atoms with Crippen LogP contribution in [0.5, 0.6) is 6.01 Å². The highest BCUT2D eigenvalue weighted by molar-refractivity contribution is 7.86. The van der Waals surface area contributed by atoms with Crippen molar-refractivity contribution in [2.45, 2.75) is 57.1 Å². The van der Waals surface area contributed by atoms with Crippen molar-refractivity contribution in [1.82, 2.24) is 15.0 Å². The van der Waals surface area contributed by atoms with Crippen LogP contribution in [0.1, 0.15) is 52.4 Å². The maximum Gasteiger partial charge on any atom is 0.322 e. The van der Waals surface area contributed by atoms with E-state index in [4.69, 9.17) is 9.72 Å². The molecule has 3 heterocycles. The molecule has 0 radical (unpaired) electrons. The third kappa shape index (κ3) is 3.94. The predicted octanol–water partition coefficient (Wildman–Crippen LogP) is 2.39. The Morgan fingerprint density at radius 1 is 0.962 bits per heavy atom. The molecular formula is C18H31N5O2S. The molecule has 2 fully saturated rings. The van der Waals surface area contributed by atoms with Gasteiger partial charge in [-0.15, -0.1) is 0 Å². The van der Waals surface area contributed by atoms with Crippen LogP contribution in [0, 0.1) is 0 Å². The molecule has 1 aromatic rings. The van der Waals surface area contributed by atoms with Gasteiger partial charge in [0.15, 0.2) is 0 Å². The Morgan fingerprint density at radius 3 is 2.15 bits per heavy atom. The van der Waals surface area contributed by atoms with Crippen LogP contribution < -0.4 is 14.5 Å². The Bertz CT molecular complexity index is 630. The smallest absolute Gasteiger partial charge is 0.322 e. The van der Waals surface area contributed by atoms with Gasteiger partial charge in [0, 0.05) is 42.7 Å².